The molecule has 1 fully saturated rings. The number of carbonyl (C=O) groups excluding carboxylic acids is 2. The van der Waals surface area contributed by atoms with Crippen LogP contribution in [0.15, 0.2) is 11.6 Å². The van der Waals surface area contributed by atoms with Gasteiger partial charge in [0.25, 0.3) is 0 Å². The van der Waals surface area contributed by atoms with E-state index in [1.165, 1.54) is 11.3 Å². The molecule has 20 heavy (non-hydrogen) atoms. The molecule has 1 aliphatic heterocycles. The topological polar surface area (TPSA) is 80.7 Å². The summed E-state index contributed by atoms with van der Waals surface area (Å²) in [5.74, 6) is 0.200. The van der Waals surface area contributed by atoms with Gasteiger partial charge in [0.15, 0.2) is 17.1 Å². The summed E-state index contributed by atoms with van der Waals surface area (Å²) in [6, 6.07) is 0.244. The normalized spacial score (nSPS) is 23.1. The van der Waals surface area contributed by atoms with Crippen LogP contribution in [0.1, 0.15) is 30.3 Å². The lowest BCUT2D eigenvalue weighted by Crippen LogP contribution is -2.46. The van der Waals surface area contributed by atoms with Gasteiger partial charge in [-0.2, -0.15) is 0 Å². The number of hydrogen-bond donors (Lipinski definition) is 1. The number of nitrogens with two attached hydrogens (primary N) is 1. The Kier molecular flexibility index (Phi) is 3.21. The summed E-state index contributed by atoms with van der Waals surface area (Å²) >= 11 is 1.48. The SMILES string of the molecule is CC1CCC(C(N)=O)CN1c1nc2sccn2c1C=O. The molecule has 1 saturated heterocycles. The molecule has 0 spiro atoms. The van der Waals surface area contributed by atoms with Crippen LogP contribution in [0.5, 0.6) is 0 Å². The van der Waals surface area contributed by atoms with Crippen molar-refractivity contribution in [2.45, 2.75) is 25.8 Å². The summed E-state index contributed by atoms with van der Waals surface area (Å²) in [6.45, 7) is 2.61. The molecule has 2 N–H and O–H groups in total. The van der Waals surface area contributed by atoms with Gasteiger partial charge in [-0.15, -0.1) is 11.3 Å². The maximum Gasteiger partial charge on any atom is 0.222 e. The van der Waals surface area contributed by atoms with Crippen LogP contribution >= 0.6 is 11.3 Å². The van der Waals surface area contributed by atoms with Crippen molar-refractivity contribution in [2.24, 2.45) is 11.7 Å². The lowest BCUT2D eigenvalue weighted by molar-refractivity contribution is -0.122. The number of rotatable bonds is 3. The van der Waals surface area contributed by atoms with Crippen molar-refractivity contribution < 1.29 is 9.59 Å². The molecule has 2 atom stereocenters. The number of nitrogens with zero attached hydrogens (tertiary/aromatic N) is 3. The van der Waals surface area contributed by atoms with Crippen molar-refractivity contribution in [2.75, 3.05) is 11.4 Å². The predicted molar refractivity (Wildman–Crippen MR) is 77.2 cm³/mol. The molecule has 7 heteroatoms. The van der Waals surface area contributed by atoms with Crippen molar-refractivity contribution in [3.63, 3.8) is 0 Å². The van der Waals surface area contributed by atoms with Crippen LogP contribution in [0.25, 0.3) is 4.96 Å². The first-order chi connectivity index (χ1) is 9.61. The van der Waals surface area contributed by atoms with E-state index in [9.17, 15) is 9.59 Å². The van der Waals surface area contributed by atoms with Gasteiger partial charge < -0.3 is 10.6 Å². The van der Waals surface area contributed by atoms with Crippen LogP contribution in [0.3, 0.4) is 0 Å². The maximum absolute atomic E-state index is 11.4. The third kappa shape index (κ3) is 1.98. The van der Waals surface area contributed by atoms with E-state index >= 15 is 0 Å². The van der Waals surface area contributed by atoms with Crippen LogP contribution in [0.4, 0.5) is 5.82 Å². The minimum atomic E-state index is -0.282. The molecule has 6 nitrogen and oxygen atoms in total. The number of amides is 1. The van der Waals surface area contributed by atoms with E-state index in [2.05, 4.69) is 11.9 Å². The zero-order valence-corrected chi connectivity index (χ0v) is 12.0. The molecular weight excluding hydrogens is 276 g/mol. The van der Waals surface area contributed by atoms with Gasteiger partial charge in [-0.05, 0) is 19.8 Å². The first-order valence-corrected chi connectivity index (χ1v) is 7.46. The monoisotopic (exact) mass is 292 g/mol. The van der Waals surface area contributed by atoms with E-state index in [-0.39, 0.29) is 17.9 Å². The van der Waals surface area contributed by atoms with Crippen molar-refractivity contribution in [3.05, 3.63) is 17.3 Å². The maximum atomic E-state index is 11.4. The highest BCUT2D eigenvalue weighted by Crippen LogP contribution is 2.30. The third-order valence-electron chi connectivity index (χ3n) is 3.95. The number of anilines is 1. The highest BCUT2D eigenvalue weighted by atomic mass is 32.1. The van der Waals surface area contributed by atoms with E-state index in [0.29, 0.717) is 18.1 Å². The summed E-state index contributed by atoms with van der Waals surface area (Å²) in [5.41, 5.74) is 5.96. The molecular formula is C13H16N4O2S. The Morgan fingerprint density at radius 2 is 2.35 bits per heavy atom. The van der Waals surface area contributed by atoms with E-state index in [1.54, 1.807) is 4.40 Å². The average molecular weight is 292 g/mol. The fourth-order valence-electron chi connectivity index (χ4n) is 2.75. The van der Waals surface area contributed by atoms with Gasteiger partial charge in [-0.25, -0.2) is 4.98 Å². The summed E-state index contributed by atoms with van der Waals surface area (Å²) in [7, 11) is 0. The molecule has 3 heterocycles. The summed E-state index contributed by atoms with van der Waals surface area (Å²) in [5, 5.41) is 1.89. The van der Waals surface area contributed by atoms with E-state index in [0.717, 1.165) is 24.1 Å². The summed E-state index contributed by atoms with van der Waals surface area (Å²) in [6.07, 6.45) is 4.33. The molecule has 3 rings (SSSR count). The lowest BCUT2D eigenvalue weighted by Gasteiger charge is -2.37. The Labute approximate surface area is 120 Å². The highest BCUT2D eigenvalue weighted by molar-refractivity contribution is 7.15. The molecule has 2 aromatic rings. The molecule has 0 bridgehead atoms. The second kappa shape index (κ2) is 4.90. The number of fused-ring (bicyclic) bond motifs is 1. The molecule has 0 aromatic carbocycles. The third-order valence-corrected chi connectivity index (χ3v) is 4.70. The second-order valence-corrected chi connectivity index (χ2v) is 6.05. The Balaban J connectivity index is 2.01. The number of imidazole rings is 1. The Morgan fingerprint density at radius 3 is 3.05 bits per heavy atom. The molecule has 2 aromatic heterocycles. The molecule has 0 radical (unpaired) electrons. The Bertz CT molecular complexity index is 662. The van der Waals surface area contributed by atoms with Gasteiger partial charge in [0.1, 0.15) is 5.69 Å². The van der Waals surface area contributed by atoms with Crippen molar-refractivity contribution in [3.8, 4) is 0 Å². The van der Waals surface area contributed by atoms with E-state index in [1.807, 2.05) is 16.5 Å². The van der Waals surface area contributed by atoms with Crippen molar-refractivity contribution in [1.29, 1.82) is 0 Å². The first-order valence-electron chi connectivity index (χ1n) is 6.58. The molecule has 1 aliphatic rings. The molecule has 0 aliphatic carbocycles. The number of thiazole rings is 1. The largest absolute Gasteiger partial charge is 0.369 e. The van der Waals surface area contributed by atoms with Gasteiger partial charge in [-0.3, -0.25) is 14.0 Å². The first kappa shape index (κ1) is 13.1. The van der Waals surface area contributed by atoms with Crippen molar-refractivity contribution in [1.82, 2.24) is 9.38 Å². The minimum Gasteiger partial charge on any atom is -0.369 e. The quantitative estimate of drug-likeness (QED) is 0.865. The fraction of sp³-hybridized carbons (Fsp3) is 0.462. The van der Waals surface area contributed by atoms with Crippen LogP contribution in [0, 0.1) is 5.92 Å². The number of primary amides is 1. The molecule has 0 saturated carbocycles. The highest BCUT2D eigenvalue weighted by Gasteiger charge is 2.31. The standard InChI is InChI=1S/C13H16N4O2S/c1-8-2-3-9(11(14)19)6-17(8)12-10(7-18)16-4-5-20-13(16)15-12/h4-5,7-9H,2-3,6H2,1H3,(H2,14,19). The van der Waals surface area contributed by atoms with Gasteiger partial charge in [0.05, 0.1) is 5.92 Å². The predicted octanol–water partition coefficient (Wildman–Crippen LogP) is 1.30. The number of piperidine rings is 1. The summed E-state index contributed by atoms with van der Waals surface area (Å²) in [4.78, 5) is 30.2. The lowest BCUT2D eigenvalue weighted by atomic mass is 9.93. The van der Waals surface area contributed by atoms with Crippen molar-refractivity contribution >= 4 is 34.3 Å². The average Bonchev–Trinajstić information content (AvgIpc) is 2.98. The number of aldehydes is 1. The van der Waals surface area contributed by atoms with Crippen LogP contribution < -0.4 is 10.6 Å². The number of carbonyl (C=O) groups is 2. The second-order valence-electron chi connectivity index (χ2n) is 5.17. The molecule has 106 valence electrons. The smallest absolute Gasteiger partial charge is 0.222 e. The van der Waals surface area contributed by atoms with Gasteiger partial charge in [0.2, 0.25) is 5.91 Å². The van der Waals surface area contributed by atoms with Gasteiger partial charge in [0, 0.05) is 24.2 Å². The number of hydrogen-bond acceptors (Lipinski definition) is 5. The fourth-order valence-corrected chi connectivity index (χ4v) is 3.46. The van der Waals surface area contributed by atoms with Crippen LogP contribution in [-0.4, -0.2) is 34.2 Å². The Hall–Kier alpha value is -1.89. The van der Waals surface area contributed by atoms with Crippen LogP contribution in [-0.2, 0) is 4.79 Å². The Morgan fingerprint density at radius 1 is 1.55 bits per heavy atom. The van der Waals surface area contributed by atoms with Gasteiger partial charge in [-0.1, -0.05) is 0 Å². The number of aromatic nitrogens is 2. The van der Waals surface area contributed by atoms with E-state index < -0.39 is 0 Å². The molecule has 2 unspecified atom stereocenters. The van der Waals surface area contributed by atoms with E-state index in [4.69, 9.17) is 5.73 Å². The zero-order chi connectivity index (χ0) is 14.3. The van der Waals surface area contributed by atoms with Crippen LogP contribution in [0.2, 0.25) is 0 Å². The zero-order valence-electron chi connectivity index (χ0n) is 11.2. The van der Waals surface area contributed by atoms with Gasteiger partial charge >= 0.3 is 0 Å². The summed E-state index contributed by atoms with van der Waals surface area (Å²) < 4.78 is 1.79. The molecule has 1 amide bonds. The minimum absolute atomic E-state index is 0.176.